The second kappa shape index (κ2) is 8.57. The number of carbonyl (C=O) groups is 1. The molecule has 0 saturated heterocycles. The Hall–Kier alpha value is -2.35. The Balaban J connectivity index is 1.79. The summed E-state index contributed by atoms with van der Waals surface area (Å²) >= 11 is 12.6. The summed E-state index contributed by atoms with van der Waals surface area (Å²) in [5, 5.41) is 4.70. The molecule has 0 aliphatic rings. The van der Waals surface area contributed by atoms with Gasteiger partial charge in [-0.15, -0.1) is 0 Å². The first-order valence-electron chi connectivity index (χ1n) is 8.83. The third-order valence-corrected chi connectivity index (χ3v) is 5.87. The van der Waals surface area contributed by atoms with E-state index in [0.717, 1.165) is 20.2 Å². The highest BCUT2D eigenvalue weighted by Gasteiger charge is 2.17. The van der Waals surface area contributed by atoms with Crippen LogP contribution >= 0.6 is 44.1 Å². The summed E-state index contributed by atoms with van der Waals surface area (Å²) in [4.78, 5) is 12.8. The van der Waals surface area contributed by atoms with Gasteiger partial charge in [0.05, 0.1) is 0 Å². The lowest BCUT2D eigenvalue weighted by Crippen LogP contribution is -2.12. The van der Waals surface area contributed by atoms with Crippen molar-refractivity contribution < 1.29 is 4.79 Å². The number of aromatic nitrogens is 3. The lowest BCUT2D eigenvalue weighted by Gasteiger charge is -2.06. The number of halogens is 2. The van der Waals surface area contributed by atoms with Gasteiger partial charge in [0.2, 0.25) is 4.77 Å². The van der Waals surface area contributed by atoms with Crippen molar-refractivity contribution in [2.24, 2.45) is 0 Å². The first kappa shape index (κ1) is 19.9. The maximum Gasteiger partial charge on any atom is 0.203 e. The highest BCUT2D eigenvalue weighted by atomic mass is 79.9. The number of nitrogens with zero attached hydrogens (tertiary/aromatic N) is 3. The Morgan fingerprint density at radius 3 is 2.07 bits per heavy atom. The largest absolute Gasteiger partial charge is 0.292 e. The summed E-state index contributed by atoms with van der Waals surface area (Å²) in [6.45, 7) is 0.0732. The first-order valence-corrected chi connectivity index (χ1v) is 10.8. The van der Waals surface area contributed by atoms with Crippen molar-refractivity contribution in [2.75, 3.05) is 0 Å². The molecule has 0 saturated carbocycles. The van der Waals surface area contributed by atoms with Crippen molar-refractivity contribution in [3.63, 3.8) is 0 Å². The van der Waals surface area contributed by atoms with Crippen LogP contribution < -0.4 is 0 Å². The molecule has 7 heteroatoms. The Kier molecular flexibility index (Phi) is 5.89. The van der Waals surface area contributed by atoms with Crippen molar-refractivity contribution in [1.29, 1.82) is 0 Å². The molecular weight excluding hydrogens is 514 g/mol. The number of hydrogen-bond donors (Lipinski definition) is 0. The topological polar surface area (TPSA) is 39.8 Å². The van der Waals surface area contributed by atoms with Gasteiger partial charge >= 0.3 is 0 Å². The van der Waals surface area contributed by atoms with Crippen LogP contribution in [0.1, 0.15) is 10.4 Å². The lowest BCUT2D eigenvalue weighted by atomic mass is 10.1. The van der Waals surface area contributed by atoms with Crippen molar-refractivity contribution in [3.05, 3.63) is 98.1 Å². The van der Waals surface area contributed by atoms with Crippen LogP contribution in [0.2, 0.25) is 0 Å². The monoisotopic (exact) mass is 527 g/mol. The van der Waals surface area contributed by atoms with E-state index in [1.54, 1.807) is 16.8 Å². The van der Waals surface area contributed by atoms with E-state index in [0.29, 0.717) is 16.2 Å². The minimum absolute atomic E-state index is 0.0475. The molecule has 144 valence electrons. The molecule has 0 fully saturated rings. The average molecular weight is 529 g/mol. The minimum Gasteiger partial charge on any atom is -0.292 e. The standard InChI is InChI=1S/C22H15Br2N3OS/c23-17-10-6-15(7-11-17)20(28)14-26-22(29)27(19-4-2-1-3-5-19)21(25-26)16-8-12-18(24)13-9-16/h1-13H,14H2. The molecule has 0 spiro atoms. The molecule has 1 heterocycles. The fourth-order valence-electron chi connectivity index (χ4n) is 2.97. The van der Waals surface area contributed by atoms with E-state index in [1.165, 1.54) is 0 Å². The zero-order valence-corrected chi connectivity index (χ0v) is 19.1. The van der Waals surface area contributed by atoms with E-state index < -0.39 is 0 Å². The van der Waals surface area contributed by atoms with Gasteiger partial charge in [0.15, 0.2) is 11.6 Å². The van der Waals surface area contributed by atoms with Crippen molar-refractivity contribution >= 4 is 49.9 Å². The van der Waals surface area contributed by atoms with Crippen LogP contribution in [0.4, 0.5) is 0 Å². The molecule has 3 aromatic carbocycles. The predicted octanol–water partition coefficient (Wildman–Crippen LogP) is 6.48. The summed E-state index contributed by atoms with van der Waals surface area (Å²) in [6, 6.07) is 24.9. The molecule has 4 aromatic rings. The Bertz CT molecular complexity index is 1210. The van der Waals surface area contributed by atoms with Gasteiger partial charge in [-0.1, -0.05) is 74.3 Å². The van der Waals surface area contributed by atoms with Gasteiger partial charge in [-0.3, -0.25) is 9.36 Å². The maximum atomic E-state index is 12.8. The third-order valence-electron chi connectivity index (χ3n) is 4.42. The fraction of sp³-hybridized carbons (Fsp3) is 0.0455. The number of para-hydroxylation sites is 1. The van der Waals surface area contributed by atoms with Gasteiger partial charge in [0, 0.05) is 25.8 Å². The van der Waals surface area contributed by atoms with Crippen LogP contribution in [0.5, 0.6) is 0 Å². The second-order valence-electron chi connectivity index (χ2n) is 6.37. The van der Waals surface area contributed by atoms with Gasteiger partial charge in [-0.05, 0) is 48.6 Å². The number of ketones is 1. The Morgan fingerprint density at radius 2 is 1.45 bits per heavy atom. The van der Waals surface area contributed by atoms with Crippen molar-refractivity contribution in [3.8, 4) is 17.1 Å². The second-order valence-corrected chi connectivity index (χ2v) is 8.57. The summed E-state index contributed by atoms with van der Waals surface area (Å²) in [5.41, 5.74) is 2.44. The molecule has 0 N–H and O–H groups in total. The summed E-state index contributed by atoms with van der Waals surface area (Å²) in [6.07, 6.45) is 0. The number of rotatable bonds is 5. The highest BCUT2D eigenvalue weighted by molar-refractivity contribution is 9.10. The minimum atomic E-state index is -0.0475. The quantitative estimate of drug-likeness (QED) is 0.220. The van der Waals surface area contributed by atoms with Crippen LogP contribution in [0.25, 0.3) is 17.1 Å². The fourth-order valence-corrected chi connectivity index (χ4v) is 3.80. The number of carbonyl (C=O) groups excluding carboxylic acids is 1. The molecule has 0 atom stereocenters. The van der Waals surface area contributed by atoms with Crippen LogP contribution in [0.15, 0.2) is 87.8 Å². The van der Waals surface area contributed by atoms with E-state index in [1.807, 2.05) is 71.3 Å². The molecule has 0 aliphatic carbocycles. The van der Waals surface area contributed by atoms with E-state index >= 15 is 0 Å². The molecule has 0 radical (unpaired) electrons. The summed E-state index contributed by atoms with van der Waals surface area (Å²) in [5.74, 6) is 0.644. The van der Waals surface area contributed by atoms with E-state index in [-0.39, 0.29) is 12.3 Å². The maximum absolute atomic E-state index is 12.8. The van der Waals surface area contributed by atoms with Crippen molar-refractivity contribution in [1.82, 2.24) is 14.3 Å². The molecule has 4 nitrogen and oxygen atoms in total. The molecule has 0 bridgehead atoms. The number of hydrogen-bond acceptors (Lipinski definition) is 3. The van der Waals surface area contributed by atoms with Crippen LogP contribution in [-0.2, 0) is 6.54 Å². The average Bonchev–Trinajstić information content (AvgIpc) is 3.05. The Labute approximate surface area is 190 Å². The van der Waals surface area contributed by atoms with E-state index in [4.69, 9.17) is 17.3 Å². The van der Waals surface area contributed by atoms with Gasteiger partial charge in [-0.25, -0.2) is 4.68 Å². The number of Topliss-reactive ketones (excluding diaryl/α,β-unsaturated/α-hetero) is 1. The smallest absolute Gasteiger partial charge is 0.203 e. The molecule has 0 amide bonds. The van der Waals surface area contributed by atoms with Gasteiger partial charge in [0.25, 0.3) is 0 Å². The third kappa shape index (κ3) is 4.32. The molecule has 4 rings (SSSR count). The zero-order valence-electron chi connectivity index (χ0n) is 15.1. The van der Waals surface area contributed by atoms with Gasteiger partial charge in [0.1, 0.15) is 6.54 Å². The SMILES string of the molecule is O=C(Cn1nc(-c2ccc(Br)cc2)n(-c2ccccc2)c1=S)c1ccc(Br)cc1. The van der Waals surface area contributed by atoms with Crippen LogP contribution in [-0.4, -0.2) is 20.1 Å². The normalized spacial score (nSPS) is 10.8. The molecule has 29 heavy (non-hydrogen) atoms. The first-order chi connectivity index (χ1) is 14.0. The molecule has 0 aliphatic heterocycles. The summed E-state index contributed by atoms with van der Waals surface area (Å²) < 4.78 is 5.87. The molecular formula is C22H15Br2N3OS. The molecule has 1 aromatic heterocycles. The number of benzene rings is 3. The summed E-state index contributed by atoms with van der Waals surface area (Å²) in [7, 11) is 0. The van der Waals surface area contributed by atoms with E-state index in [2.05, 4.69) is 31.9 Å². The van der Waals surface area contributed by atoms with E-state index in [9.17, 15) is 4.79 Å². The van der Waals surface area contributed by atoms with Crippen LogP contribution in [0, 0.1) is 4.77 Å². The van der Waals surface area contributed by atoms with Crippen LogP contribution in [0.3, 0.4) is 0 Å². The highest BCUT2D eigenvalue weighted by Crippen LogP contribution is 2.24. The van der Waals surface area contributed by atoms with Crippen molar-refractivity contribution in [2.45, 2.75) is 6.54 Å². The van der Waals surface area contributed by atoms with Gasteiger partial charge < -0.3 is 0 Å². The Morgan fingerprint density at radius 1 is 0.862 bits per heavy atom. The predicted molar refractivity (Wildman–Crippen MR) is 124 cm³/mol. The van der Waals surface area contributed by atoms with Gasteiger partial charge in [-0.2, -0.15) is 5.10 Å². The lowest BCUT2D eigenvalue weighted by molar-refractivity contribution is 0.0967. The molecule has 0 unspecified atom stereocenters. The zero-order chi connectivity index (χ0) is 20.4.